The van der Waals surface area contributed by atoms with E-state index in [4.69, 9.17) is 10.00 Å². The second kappa shape index (κ2) is 5.96. The van der Waals surface area contributed by atoms with Crippen LogP contribution in [0.5, 0.6) is 0 Å². The number of aromatic nitrogens is 1. The number of hydrogen-bond acceptors (Lipinski definition) is 4. The van der Waals surface area contributed by atoms with Gasteiger partial charge in [0.15, 0.2) is 0 Å². The summed E-state index contributed by atoms with van der Waals surface area (Å²) in [5.41, 5.74) is 2.09. The molecule has 2 rings (SSSR count). The summed E-state index contributed by atoms with van der Waals surface area (Å²) in [5.74, 6) is -0.361. The molecule has 19 heavy (non-hydrogen) atoms. The van der Waals surface area contributed by atoms with Gasteiger partial charge in [0.05, 0.1) is 23.8 Å². The van der Waals surface area contributed by atoms with E-state index in [-0.39, 0.29) is 12.6 Å². The number of nitriles is 1. The van der Waals surface area contributed by atoms with Gasteiger partial charge < -0.3 is 4.74 Å². The van der Waals surface area contributed by atoms with Gasteiger partial charge in [-0.1, -0.05) is 18.2 Å². The van der Waals surface area contributed by atoms with E-state index in [2.05, 4.69) is 4.98 Å². The van der Waals surface area contributed by atoms with Crippen molar-refractivity contribution in [1.82, 2.24) is 4.98 Å². The number of nitrogens with zero attached hydrogens (tertiary/aromatic N) is 2. The van der Waals surface area contributed by atoms with Crippen LogP contribution in [0.15, 0.2) is 30.3 Å². The van der Waals surface area contributed by atoms with Crippen molar-refractivity contribution in [3.63, 3.8) is 0 Å². The smallest absolute Gasteiger partial charge is 0.338 e. The van der Waals surface area contributed by atoms with E-state index in [9.17, 15) is 4.79 Å². The summed E-state index contributed by atoms with van der Waals surface area (Å²) in [6.45, 7) is 2.11. The first-order valence-electron chi connectivity index (χ1n) is 6.13. The average molecular weight is 254 g/mol. The van der Waals surface area contributed by atoms with Gasteiger partial charge in [-0.15, -0.1) is 0 Å². The predicted octanol–water partition coefficient (Wildman–Crippen LogP) is 3.00. The van der Waals surface area contributed by atoms with Gasteiger partial charge in [0.25, 0.3) is 0 Å². The Hall–Kier alpha value is -2.41. The Balaban J connectivity index is 2.24. The molecule has 2 aromatic rings. The third-order valence-electron chi connectivity index (χ3n) is 2.73. The molecule has 0 radical (unpaired) electrons. The molecule has 0 bridgehead atoms. The van der Waals surface area contributed by atoms with Gasteiger partial charge in [0, 0.05) is 17.5 Å². The number of hydrogen-bond donors (Lipinski definition) is 0. The van der Waals surface area contributed by atoms with Crippen molar-refractivity contribution >= 4 is 16.9 Å². The number of carbonyl (C=O) groups excluding carboxylic acids is 1. The highest BCUT2D eigenvalue weighted by Crippen LogP contribution is 2.19. The number of unbranched alkanes of at least 4 members (excludes halogenated alkanes) is 1. The maximum absolute atomic E-state index is 12.0. The van der Waals surface area contributed by atoms with Crippen molar-refractivity contribution < 1.29 is 9.53 Å². The monoisotopic (exact) mass is 254 g/mol. The minimum Gasteiger partial charge on any atom is -0.462 e. The molecule has 0 spiro atoms. The van der Waals surface area contributed by atoms with Gasteiger partial charge in [-0.2, -0.15) is 5.26 Å². The number of benzene rings is 1. The summed E-state index contributed by atoms with van der Waals surface area (Å²) < 4.78 is 5.18. The Kier molecular flexibility index (Phi) is 4.09. The van der Waals surface area contributed by atoms with Crippen molar-refractivity contribution in [2.45, 2.75) is 19.8 Å². The molecule has 0 aliphatic heterocycles. The summed E-state index contributed by atoms with van der Waals surface area (Å²) in [5, 5.41) is 9.22. The van der Waals surface area contributed by atoms with Crippen LogP contribution in [-0.4, -0.2) is 17.6 Å². The molecule has 0 saturated heterocycles. The largest absolute Gasteiger partial charge is 0.462 e. The maximum atomic E-state index is 12.0. The fraction of sp³-hybridized carbons (Fsp3) is 0.267. The van der Waals surface area contributed by atoms with Crippen molar-refractivity contribution in [3.05, 3.63) is 41.6 Å². The Morgan fingerprint density at radius 3 is 3.00 bits per heavy atom. The van der Waals surface area contributed by atoms with Gasteiger partial charge >= 0.3 is 5.97 Å². The van der Waals surface area contributed by atoms with Crippen molar-refractivity contribution in [3.8, 4) is 6.07 Å². The van der Waals surface area contributed by atoms with Crippen LogP contribution in [0.2, 0.25) is 0 Å². The Labute approximate surface area is 111 Å². The highest BCUT2D eigenvalue weighted by atomic mass is 16.5. The molecule has 4 nitrogen and oxygen atoms in total. The Morgan fingerprint density at radius 1 is 1.42 bits per heavy atom. The van der Waals surface area contributed by atoms with Gasteiger partial charge in [0.1, 0.15) is 0 Å². The van der Waals surface area contributed by atoms with Crippen LogP contribution < -0.4 is 0 Å². The first-order chi connectivity index (χ1) is 9.22. The number of esters is 1. The van der Waals surface area contributed by atoms with E-state index in [0.29, 0.717) is 18.4 Å². The third kappa shape index (κ3) is 3.08. The molecule has 1 aromatic carbocycles. The van der Waals surface area contributed by atoms with E-state index < -0.39 is 0 Å². The minimum absolute atomic E-state index is 0.266. The zero-order valence-corrected chi connectivity index (χ0v) is 10.7. The summed E-state index contributed by atoms with van der Waals surface area (Å²) in [6, 6.07) is 11.2. The summed E-state index contributed by atoms with van der Waals surface area (Å²) >= 11 is 0. The Morgan fingerprint density at radius 2 is 2.21 bits per heavy atom. The molecular weight excluding hydrogens is 240 g/mol. The van der Waals surface area contributed by atoms with Crippen LogP contribution in [0.3, 0.4) is 0 Å². The van der Waals surface area contributed by atoms with E-state index >= 15 is 0 Å². The molecule has 0 aliphatic carbocycles. The topological polar surface area (TPSA) is 63.0 Å². The maximum Gasteiger partial charge on any atom is 0.338 e. The predicted molar refractivity (Wildman–Crippen MR) is 71.6 cm³/mol. The fourth-order valence-electron chi connectivity index (χ4n) is 1.87. The number of para-hydroxylation sites is 1. The lowest BCUT2D eigenvalue weighted by Gasteiger charge is -2.07. The van der Waals surface area contributed by atoms with Crippen molar-refractivity contribution in [2.24, 2.45) is 0 Å². The summed E-state index contributed by atoms with van der Waals surface area (Å²) in [7, 11) is 0. The van der Waals surface area contributed by atoms with Crippen LogP contribution in [0.25, 0.3) is 10.9 Å². The van der Waals surface area contributed by atoms with E-state index in [1.54, 1.807) is 6.07 Å². The quantitative estimate of drug-likeness (QED) is 0.621. The van der Waals surface area contributed by atoms with Gasteiger partial charge in [-0.05, 0) is 25.5 Å². The van der Waals surface area contributed by atoms with Gasteiger partial charge in [0.2, 0.25) is 0 Å². The molecular formula is C15H14N2O2. The molecule has 1 heterocycles. The number of ether oxygens (including phenoxy) is 1. The molecule has 0 aliphatic rings. The molecule has 0 fully saturated rings. The lowest BCUT2D eigenvalue weighted by molar-refractivity contribution is 0.0504. The highest BCUT2D eigenvalue weighted by Gasteiger charge is 2.12. The van der Waals surface area contributed by atoms with E-state index in [1.165, 1.54) is 0 Å². The molecule has 0 saturated carbocycles. The van der Waals surface area contributed by atoms with Crippen molar-refractivity contribution in [1.29, 1.82) is 5.26 Å². The first-order valence-corrected chi connectivity index (χ1v) is 6.13. The zero-order valence-electron chi connectivity index (χ0n) is 10.7. The first kappa shape index (κ1) is 13.0. The second-order valence-corrected chi connectivity index (χ2v) is 4.23. The lowest BCUT2D eigenvalue weighted by Crippen LogP contribution is -2.08. The number of carbonyl (C=O) groups is 1. The number of aryl methyl sites for hydroxylation is 1. The normalized spacial score (nSPS) is 10.1. The van der Waals surface area contributed by atoms with Crippen LogP contribution in [0.4, 0.5) is 0 Å². The molecule has 0 amide bonds. The molecule has 0 N–H and O–H groups in total. The third-order valence-corrected chi connectivity index (χ3v) is 2.73. The SMILES string of the molecule is Cc1cc(C(=O)OCCCC#N)c2ccccc2n1. The van der Waals surface area contributed by atoms with Crippen molar-refractivity contribution in [2.75, 3.05) is 6.61 Å². The lowest BCUT2D eigenvalue weighted by atomic mass is 10.1. The van der Waals surface area contributed by atoms with Gasteiger partial charge in [-0.25, -0.2) is 4.79 Å². The van der Waals surface area contributed by atoms with Crippen LogP contribution in [-0.2, 0) is 4.74 Å². The second-order valence-electron chi connectivity index (χ2n) is 4.23. The molecule has 0 unspecified atom stereocenters. The van der Waals surface area contributed by atoms with E-state index in [1.807, 2.05) is 37.3 Å². The minimum atomic E-state index is -0.361. The molecule has 4 heteroatoms. The summed E-state index contributed by atoms with van der Waals surface area (Å²) in [4.78, 5) is 16.4. The standard InChI is InChI=1S/C15H14N2O2/c1-11-10-13(15(18)19-9-5-4-8-16)12-6-2-3-7-14(12)17-11/h2-3,6-7,10H,4-5,9H2,1H3. The number of rotatable bonds is 4. The zero-order chi connectivity index (χ0) is 13.7. The average Bonchev–Trinajstić information content (AvgIpc) is 2.42. The van der Waals surface area contributed by atoms with E-state index in [0.717, 1.165) is 16.6 Å². The van der Waals surface area contributed by atoms with Gasteiger partial charge in [-0.3, -0.25) is 4.98 Å². The number of pyridine rings is 1. The van der Waals surface area contributed by atoms with Crippen LogP contribution >= 0.6 is 0 Å². The number of fused-ring (bicyclic) bond motifs is 1. The summed E-state index contributed by atoms with van der Waals surface area (Å²) in [6.07, 6.45) is 0.952. The Bertz CT molecular complexity index is 644. The van der Waals surface area contributed by atoms with Crippen LogP contribution in [0.1, 0.15) is 28.9 Å². The fourth-order valence-corrected chi connectivity index (χ4v) is 1.87. The highest BCUT2D eigenvalue weighted by molar-refractivity contribution is 6.03. The molecule has 0 atom stereocenters. The van der Waals surface area contributed by atoms with Crippen LogP contribution in [0, 0.1) is 18.3 Å². The molecule has 1 aromatic heterocycles. The molecule has 96 valence electrons.